The first-order valence-electron chi connectivity index (χ1n) is 8.49. The fraction of sp³-hybridized carbons (Fsp3) is 0.368. The van der Waals surface area contributed by atoms with E-state index < -0.39 is 0 Å². The van der Waals surface area contributed by atoms with Gasteiger partial charge in [0.15, 0.2) is 5.78 Å². The number of hydrogen-bond donors (Lipinski definition) is 1. The lowest BCUT2D eigenvalue weighted by Gasteiger charge is -2.22. The van der Waals surface area contributed by atoms with E-state index in [1.807, 2.05) is 6.07 Å². The van der Waals surface area contributed by atoms with E-state index >= 15 is 0 Å². The van der Waals surface area contributed by atoms with Crippen LogP contribution in [0.5, 0.6) is 0 Å². The molecule has 1 N–H and O–H groups in total. The maximum Gasteiger partial charge on any atom is 0.270 e. The van der Waals surface area contributed by atoms with Crippen molar-refractivity contribution in [3.63, 3.8) is 0 Å². The number of halogens is 1. The van der Waals surface area contributed by atoms with Gasteiger partial charge in [-0.15, -0.1) is 0 Å². The van der Waals surface area contributed by atoms with Crippen LogP contribution in [0.25, 0.3) is 0 Å². The minimum Gasteiger partial charge on any atom is -0.356 e. The van der Waals surface area contributed by atoms with Gasteiger partial charge in [0.2, 0.25) is 0 Å². The molecule has 132 valence electrons. The number of nitrogens with zero attached hydrogens (tertiary/aromatic N) is 2. The molecule has 1 aromatic carbocycles. The summed E-state index contributed by atoms with van der Waals surface area (Å²) >= 11 is 0. The molecule has 5 nitrogen and oxygen atoms in total. The molecule has 0 aliphatic carbocycles. The van der Waals surface area contributed by atoms with E-state index in [9.17, 15) is 14.0 Å². The van der Waals surface area contributed by atoms with Gasteiger partial charge in [0, 0.05) is 50.0 Å². The number of Topliss-reactive ketones (excluding diaryl/α,β-unsaturated/α-hetero) is 1. The van der Waals surface area contributed by atoms with Crippen LogP contribution >= 0.6 is 0 Å². The van der Waals surface area contributed by atoms with Crippen molar-refractivity contribution in [1.82, 2.24) is 14.8 Å². The Balaban J connectivity index is 1.62. The lowest BCUT2D eigenvalue weighted by Crippen LogP contribution is -2.35. The maximum atomic E-state index is 13.8. The van der Waals surface area contributed by atoms with E-state index in [2.05, 4.69) is 9.88 Å². The van der Waals surface area contributed by atoms with Crippen LogP contribution in [0.15, 0.2) is 36.5 Å². The monoisotopic (exact) mass is 343 g/mol. The maximum absolute atomic E-state index is 13.8. The molecule has 0 atom stereocenters. The Kier molecular flexibility index (Phi) is 5.28. The summed E-state index contributed by atoms with van der Waals surface area (Å²) in [5, 5.41) is 0. The summed E-state index contributed by atoms with van der Waals surface area (Å²) in [7, 11) is 0. The second kappa shape index (κ2) is 7.61. The highest BCUT2D eigenvalue weighted by Crippen LogP contribution is 2.14. The van der Waals surface area contributed by atoms with Gasteiger partial charge in [0.1, 0.15) is 11.5 Å². The molecule has 2 aromatic rings. The second-order valence-electron chi connectivity index (χ2n) is 6.37. The van der Waals surface area contributed by atoms with Gasteiger partial charge in [-0.05, 0) is 25.5 Å². The number of aromatic amines is 1. The smallest absolute Gasteiger partial charge is 0.270 e. The van der Waals surface area contributed by atoms with Crippen LogP contribution in [0.1, 0.15) is 39.8 Å². The Labute approximate surface area is 146 Å². The zero-order valence-corrected chi connectivity index (χ0v) is 14.3. The predicted octanol–water partition coefficient (Wildman–Crippen LogP) is 2.70. The average molecular weight is 343 g/mol. The van der Waals surface area contributed by atoms with Gasteiger partial charge < -0.3 is 9.88 Å². The van der Waals surface area contributed by atoms with Crippen LogP contribution in [0.3, 0.4) is 0 Å². The third-order valence-corrected chi connectivity index (χ3v) is 4.55. The van der Waals surface area contributed by atoms with E-state index in [1.165, 1.54) is 13.0 Å². The first-order valence-corrected chi connectivity index (χ1v) is 8.49. The zero-order chi connectivity index (χ0) is 17.8. The summed E-state index contributed by atoms with van der Waals surface area (Å²) in [6.07, 6.45) is 2.40. The van der Waals surface area contributed by atoms with Crippen molar-refractivity contribution in [2.75, 3.05) is 26.2 Å². The molecule has 2 heterocycles. The number of aromatic nitrogens is 1. The number of carbonyl (C=O) groups is 2. The number of H-pyrrole nitrogens is 1. The van der Waals surface area contributed by atoms with Gasteiger partial charge in [0.25, 0.3) is 5.91 Å². The van der Waals surface area contributed by atoms with Crippen molar-refractivity contribution < 1.29 is 14.0 Å². The first kappa shape index (κ1) is 17.4. The fourth-order valence-corrected chi connectivity index (χ4v) is 3.09. The molecular weight excluding hydrogens is 321 g/mol. The van der Waals surface area contributed by atoms with Crippen molar-refractivity contribution in [2.24, 2.45) is 0 Å². The van der Waals surface area contributed by atoms with Crippen LogP contribution in [0.4, 0.5) is 4.39 Å². The van der Waals surface area contributed by atoms with Crippen LogP contribution in [0.2, 0.25) is 0 Å². The van der Waals surface area contributed by atoms with Crippen LogP contribution in [0, 0.1) is 5.82 Å². The molecule has 1 aliphatic heterocycles. The van der Waals surface area contributed by atoms with Gasteiger partial charge in [-0.25, -0.2) is 4.39 Å². The normalized spacial score (nSPS) is 15.8. The SMILES string of the molecule is CC(=O)c1c[nH]c(C(=O)N2CCCN(Cc3ccccc3F)CC2)c1. The molecule has 0 saturated carbocycles. The third-order valence-electron chi connectivity index (χ3n) is 4.55. The highest BCUT2D eigenvalue weighted by atomic mass is 19.1. The number of rotatable bonds is 4. The summed E-state index contributed by atoms with van der Waals surface area (Å²) < 4.78 is 13.8. The lowest BCUT2D eigenvalue weighted by atomic mass is 10.2. The second-order valence-corrected chi connectivity index (χ2v) is 6.37. The minimum atomic E-state index is -0.192. The molecule has 25 heavy (non-hydrogen) atoms. The highest BCUT2D eigenvalue weighted by Gasteiger charge is 2.22. The molecule has 0 spiro atoms. The molecule has 0 radical (unpaired) electrons. The largest absolute Gasteiger partial charge is 0.356 e. The van der Waals surface area contributed by atoms with Gasteiger partial charge in [0.05, 0.1) is 0 Å². The summed E-state index contributed by atoms with van der Waals surface area (Å²) in [6, 6.07) is 8.40. The molecule has 1 aliphatic rings. The van der Waals surface area contributed by atoms with Crippen LogP contribution in [-0.4, -0.2) is 52.7 Å². The Hall–Kier alpha value is -2.47. The van der Waals surface area contributed by atoms with Gasteiger partial charge in [-0.1, -0.05) is 18.2 Å². The summed E-state index contributed by atoms with van der Waals surface area (Å²) in [5.41, 5.74) is 1.63. The van der Waals surface area contributed by atoms with Crippen molar-refractivity contribution in [3.8, 4) is 0 Å². The van der Waals surface area contributed by atoms with E-state index in [0.717, 1.165) is 13.0 Å². The number of ketones is 1. The quantitative estimate of drug-likeness (QED) is 0.869. The number of hydrogen-bond acceptors (Lipinski definition) is 3. The topological polar surface area (TPSA) is 56.4 Å². The first-order chi connectivity index (χ1) is 12.0. The number of amides is 1. The molecule has 0 unspecified atom stereocenters. The Morgan fingerprint density at radius 1 is 1.16 bits per heavy atom. The average Bonchev–Trinajstić information content (AvgIpc) is 2.98. The number of carbonyl (C=O) groups excluding carboxylic acids is 2. The van der Waals surface area contributed by atoms with E-state index in [-0.39, 0.29) is 17.5 Å². The van der Waals surface area contributed by atoms with Crippen molar-refractivity contribution >= 4 is 11.7 Å². The molecule has 0 bridgehead atoms. The van der Waals surface area contributed by atoms with E-state index in [4.69, 9.17) is 0 Å². The van der Waals surface area contributed by atoms with Crippen molar-refractivity contribution in [1.29, 1.82) is 0 Å². The van der Waals surface area contributed by atoms with Gasteiger partial charge >= 0.3 is 0 Å². The summed E-state index contributed by atoms with van der Waals surface area (Å²) in [4.78, 5) is 30.8. The molecule has 1 amide bonds. The highest BCUT2D eigenvalue weighted by molar-refractivity contribution is 5.99. The Bertz CT molecular complexity index is 772. The molecule has 1 aromatic heterocycles. The fourth-order valence-electron chi connectivity index (χ4n) is 3.09. The van der Waals surface area contributed by atoms with Crippen molar-refractivity contribution in [3.05, 3.63) is 59.2 Å². The van der Waals surface area contributed by atoms with E-state index in [0.29, 0.717) is 43.0 Å². The van der Waals surface area contributed by atoms with Crippen LogP contribution in [-0.2, 0) is 6.54 Å². The van der Waals surface area contributed by atoms with E-state index in [1.54, 1.807) is 29.3 Å². The van der Waals surface area contributed by atoms with Crippen molar-refractivity contribution in [2.45, 2.75) is 19.9 Å². The Morgan fingerprint density at radius 2 is 1.96 bits per heavy atom. The minimum absolute atomic E-state index is 0.0674. The summed E-state index contributed by atoms with van der Waals surface area (Å²) in [6.45, 7) is 4.78. The molecule has 1 saturated heterocycles. The number of nitrogens with one attached hydrogen (secondary N) is 1. The molecular formula is C19H22FN3O2. The zero-order valence-electron chi connectivity index (χ0n) is 14.3. The van der Waals surface area contributed by atoms with Gasteiger partial charge in [-0.3, -0.25) is 14.5 Å². The lowest BCUT2D eigenvalue weighted by molar-refractivity contribution is 0.0756. The number of benzene rings is 1. The molecule has 1 fully saturated rings. The summed E-state index contributed by atoms with van der Waals surface area (Å²) in [5.74, 6) is -0.356. The molecule has 6 heteroatoms. The van der Waals surface area contributed by atoms with Gasteiger partial charge in [-0.2, -0.15) is 0 Å². The van der Waals surface area contributed by atoms with Crippen LogP contribution < -0.4 is 0 Å². The predicted molar refractivity (Wildman–Crippen MR) is 93.0 cm³/mol. The standard InChI is InChI=1S/C19H22FN3O2/c1-14(24)16-11-18(21-12-16)19(25)23-8-4-7-22(9-10-23)13-15-5-2-3-6-17(15)20/h2-3,5-6,11-12,21H,4,7-10,13H2,1H3. The molecule has 3 rings (SSSR count). The third kappa shape index (κ3) is 4.14. The Morgan fingerprint density at radius 3 is 2.68 bits per heavy atom.